The minimum absolute atomic E-state index is 0.0892. The molecule has 2 rings (SSSR count). The summed E-state index contributed by atoms with van der Waals surface area (Å²) in [7, 11) is 0. The Hall–Kier alpha value is -2.15. The summed E-state index contributed by atoms with van der Waals surface area (Å²) in [5, 5.41) is 7.58. The van der Waals surface area contributed by atoms with Crippen LogP contribution < -0.4 is 10.6 Å². The maximum absolute atomic E-state index is 12.0. The number of rotatable bonds is 7. The summed E-state index contributed by atoms with van der Waals surface area (Å²) in [6.07, 6.45) is 4.32. The maximum atomic E-state index is 12.0. The van der Waals surface area contributed by atoms with Gasteiger partial charge in [-0.3, -0.25) is 9.59 Å². The fourth-order valence-corrected chi connectivity index (χ4v) is 2.75. The van der Waals surface area contributed by atoms with Gasteiger partial charge in [0.25, 0.3) is 0 Å². The van der Waals surface area contributed by atoms with Gasteiger partial charge in [-0.2, -0.15) is 0 Å². The van der Waals surface area contributed by atoms with Gasteiger partial charge >= 0.3 is 0 Å². The van der Waals surface area contributed by atoms with Gasteiger partial charge in [0.05, 0.1) is 12.5 Å². The fraction of sp³-hybridized carbons (Fsp3) is 0.357. The molecule has 0 saturated heterocycles. The van der Waals surface area contributed by atoms with E-state index in [0.29, 0.717) is 13.0 Å². The molecule has 0 saturated carbocycles. The zero-order valence-electron chi connectivity index (χ0n) is 11.8. The second-order valence-corrected chi connectivity index (χ2v) is 5.59. The highest BCUT2D eigenvalue weighted by molar-refractivity contribution is 7.10. The van der Waals surface area contributed by atoms with Crippen molar-refractivity contribution < 1.29 is 9.59 Å². The number of hydrogen-bond donors (Lipinski definition) is 3. The summed E-state index contributed by atoms with van der Waals surface area (Å²) in [6.45, 7) is 1.97. The Morgan fingerprint density at radius 2 is 2.33 bits per heavy atom. The quantitative estimate of drug-likeness (QED) is 0.722. The normalized spacial score (nSPS) is 11.9. The standard InChI is InChI=1S/C14H18N4O2S/c1-10(19)18-11(12-3-2-8-21-12)9-14(20)17-5-4-13-15-6-7-16-13/h2-3,6-8,11H,4-5,9H2,1H3,(H,15,16)(H,17,20)(H,18,19). The molecule has 0 aliphatic heterocycles. The molecule has 112 valence electrons. The highest BCUT2D eigenvalue weighted by Crippen LogP contribution is 2.21. The molecule has 0 aromatic carbocycles. The number of hydrogen-bond acceptors (Lipinski definition) is 4. The third kappa shape index (κ3) is 5.03. The van der Waals surface area contributed by atoms with Crippen LogP contribution in [0.15, 0.2) is 29.9 Å². The van der Waals surface area contributed by atoms with Gasteiger partial charge in [-0.15, -0.1) is 11.3 Å². The molecule has 0 spiro atoms. The second-order valence-electron chi connectivity index (χ2n) is 4.61. The summed E-state index contributed by atoms with van der Waals surface area (Å²) < 4.78 is 0. The van der Waals surface area contributed by atoms with Crippen LogP contribution in [-0.4, -0.2) is 28.3 Å². The van der Waals surface area contributed by atoms with E-state index < -0.39 is 0 Å². The van der Waals surface area contributed by atoms with Gasteiger partial charge in [-0.1, -0.05) is 6.07 Å². The average Bonchev–Trinajstić information content (AvgIpc) is 3.10. The minimum Gasteiger partial charge on any atom is -0.356 e. The number of aromatic amines is 1. The molecular formula is C14H18N4O2S. The lowest BCUT2D eigenvalue weighted by Gasteiger charge is -2.16. The smallest absolute Gasteiger partial charge is 0.222 e. The van der Waals surface area contributed by atoms with E-state index in [-0.39, 0.29) is 24.3 Å². The van der Waals surface area contributed by atoms with Gasteiger partial charge in [0, 0.05) is 37.2 Å². The zero-order valence-corrected chi connectivity index (χ0v) is 12.6. The van der Waals surface area contributed by atoms with Crippen molar-refractivity contribution in [1.29, 1.82) is 0 Å². The van der Waals surface area contributed by atoms with Crippen molar-refractivity contribution in [1.82, 2.24) is 20.6 Å². The Morgan fingerprint density at radius 1 is 1.48 bits per heavy atom. The van der Waals surface area contributed by atoms with Crippen LogP contribution in [0, 0.1) is 0 Å². The van der Waals surface area contributed by atoms with E-state index in [0.717, 1.165) is 10.7 Å². The van der Waals surface area contributed by atoms with E-state index in [2.05, 4.69) is 20.6 Å². The van der Waals surface area contributed by atoms with Crippen LogP contribution in [0.3, 0.4) is 0 Å². The molecule has 2 amide bonds. The molecule has 21 heavy (non-hydrogen) atoms. The number of carbonyl (C=O) groups is 2. The lowest BCUT2D eigenvalue weighted by atomic mass is 10.1. The molecule has 7 heteroatoms. The Bertz CT molecular complexity index is 566. The lowest BCUT2D eigenvalue weighted by Crippen LogP contribution is -2.33. The molecule has 6 nitrogen and oxygen atoms in total. The van der Waals surface area contributed by atoms with Crippen molar-refractivity contribution >= 4 is 23.2 Å². The van der Waals surface area contributed by atoms with E-state index in [1.165, 1.54) is 18.3 Å². The second kappa shape index (κ2) is 7.58. The molecule has 0 fully saturated rings. The summed E-state index contributed by atoms with van der Waals surface area (Å²) in [5.74, 6) is 0.609. The third-order valence-corrected chi connectivity index (χ3v) is 3.88. The number of aromatic nitrogens is 2. The number of amides is 2. The monoisotopic (exact) mass is 306 g/mol. The van der Waals surface area contributed by atoms with Gasteiger partial charge in [0.15, 0.2) is 0 Å². The predicted octanol–water partition coefficient (Wildman–Crippen LogP) is 1.40. The third-order valence-electron chi connectivity index (χ3n) is 2.89. The van der Waals surface area contributed by atoms with Gasteiger partial charge < -0.3 is 15.6 Å². The number of thiophene rings is 1. The summed E-state index contributed by atoms with van der Waals surface area (Å²) in [4.78, 5) is 31.3. The number of carbonyl (C=O) groups excluding carboxylic acids is 2. The molecular weight excluding hydrogens is 288 g/mol. The van der Waals surface area contributed by atoms with Crippen LogP contribution in [0.25, 0.3) is 0 Å². The average molecular weight is 306 g/mol. The van der Waals surface area contributed by atoms with Crippen LogP contribution in [0.1, 0.15) is 30.1 Å². The Balaban J connectivity index is 1.81. The van der Waals surface area contributed by atoms with Crippen LogP contribution in [0.2, 0.25) is 0 Å². The van der Waals surface area contributed by atoms with Crippen molar-refractivity contribution in [2.45, 2.75) is 25.8 Å². The van der Waals surface area contributed by atoms with Crippen LogP contribution in [-0.2, 0) is 16.0 Å². The first-order valence-electron chi connectivity index (χ1n) is 6.70. The molecule has 2 heterocycles. The molecule has 3 N–H and O–H groups in total. The SMILES string of the molecule is CC(=O)NC(CC(=O)NCCc1ncc[nH]1)c1cccs1. The first-order chi connectivity index (χ1) is 10.1. The van der Waals surface area contributed by atoms with E-state index >= 15 is 0 Å². The highest BCUT2D eigenvalue weighted by atomic mass is 32.1. The summed E-state index contributed by atoms with van der Waals surface area (Å²) in [5.41, 5.74) is 0. The van der Waals surface area contributed by atoms with Crippen LogP contribution in [0.4, 0.5) is 0 Å². The Kier molecular flexibility index (Phi) is 5.51. The summed E-state index contributed by atoms with van der Waals surface area (Å²) >= 11 is 1.53. The molecule has 0 radical (unpaired) electrons. The van der Waals surface area contributed by atoms with Gasteiger partial charge in [-0.25, -0.2) is 4.98 Å². The molecule has 2 aromatic rings. The summed E-state index contributed by atoms with van der Waals surface area (Å²) in [6, 6.07) is 3.55. The van der Waals surface area contributed by atoms with Crippen molar-refractivity contribution in [2.24, 2.45) is 0 Å². The van der Waals surface area contributed by atoms with E-state index in [1.807, 2.05) is 17.5 Å². The highest BCUT2D eigenvalue weighted by Gasteiger charge is 2.17. The Labute approximate surface area is 127 Å². The number of imidazole rings is 1. The van der Waals surface area contributed by atoms with Crippen molar-refractivity contribution in [3.63, 3.8) is 0 Å². The van der Waals surface area contributed by atoms with E-state index in [4.69, 9.17) is 0 Å². The molecule has 1 atom stereocenters. The maximum Gasteiger partial charge on any atom is 0.222 e. The zero-order chi connectivity index (χ0) is 15.1. The number of nitrogens with zero attached hydrogens (tertiary/aromatic N) is 1. The first kappa shape index (κ1) is 15.2. The van der Waals surface area contributed by atoms with Gasteiger partial charge in [0.2, 0.25) is 11.8 Å². The van der Waals surface area contributed by atoms with Crippen LogP contribution >= 0.6 is 11.3 Å². The lowest BCUT2D eigenvalue weighted by molar-refractivity contribution is -0.122. The van der Waals surface area contributed by atoms with Gasteiger partial charge in [-0.05, 0) is 11.4 Å². The first-order valence-corrected chi connectivity index (χ1v) is 7.58. The Morgan fingerprint density at radius 3 is 2.95 bits per heavy atom. The molecule has 0 aliphatic rings. The number of H-pyrrole nitrogens is 1. The van der Waals surface area contributed by atoms with Crippen molar-refractivity contribution in [2.75, 3.05) is 6.54 Å². The fourth-order valence-electron chi connectivity index (χ4n) is 1.97. The molecule has 0 aliphatic carbocycles. The van der Waals surface area contributed by atoms with E-state index in [1.54, 1.807) is 12.4 Å². The molecule has 1 unspecified atom stereocenters. The van der Waals surface area contributed by atoms with Crippen molar-refractivity contribution in [3.8, 4) is 0 Å². The molecule has 0 bridgehead atoms. The van der Waals surface area contributed by atoms with Crippen molar-refractivity contribution in [3.05, 3.63) is 40.6 Å². The van der Waals surface area contributed by atoms with E-state index in [9.17, 15) is 9.59 Å². The largest absolute Gasteiger partial charge is 0.356 e. The minimum atomic E-state index is -0.272. The molecule has 2 aromatic heterocycles. The topological polar surface area (TPSA) is 86.9 Å². The number of nitrogens with one attached hydrogen (secondary N) is 3. The van der Waals surface area contributed by atoms with Gasteiger partial charge in [0.1, 0.15) is 5.82 Å². The predicted molar refractivity (Wildman–Crippen MR) is 80.8 cm³/mol. The van der Waals surface area contributed by atoms with Crippen LogP contribution in [0.5, 0.6) is 0 Å².